The lowest BCUT2D eigenvalue weighted by Crippen LogP contribution is -2.60. The second-order valence-electron chi connectivity index (χ2n) is 8.72. The second-order valence-corrected chi connectivity index (χ2v) is 8.72. The summed E-state index contributed by atoms with van der Waals surface area (Å²) in [5, 5.41) is 4.31. The van der Waals surface area contributed by atoms with Gasteiger partial charge in [0.2, 0.25) is 5.91 Å². The number of imidazole rings is 1. The maximum atomic E-state index is 13.3. The van der Waals surface area contributed by atoms with Crippen LogP contribution < -0.4 is 0 Å². The van der Waals surface area contributed by atoms with Crippen LogP contribution in [0.5, 0.6) is 0 Å². The Morgan fingerprint density at radius 1 is 1.21 bits per heavy atom. The first-order valence-electron chi connectivity index (χ1n) is 10.6. The van der Waals surface area contributed by atoms with Gasteiger partial charge >= 0.3 is 0 Å². The Hall–Kier alpha value is -2.64. The van der Waals surface area contributed by atoms with E-state index in [0.717, 1.165) is 62.2 Å². The van der Waals surface area contributed by atoms with E-state index < -0.39 is 0 Å². The molecule has 29 heavy (non-hydrogen) atoms. The van der Waals surface area contributed by atoms with Crippen molar-refractivity contribution in [3.8, 4) is 0 Å². The molecule has 1 saturated carbocycles. The van der Waals surface area contributed by atoms with Crippen LogP contribution in [0.25, 0.3) is 0 Å². The van der Waals surface area contributed by atoms with E-state index in [2.05, 4.69) is 20.0 Å². The van der Waals surface area contributed by atoms with Crippen molar-refractivity contribution in [3.05, 3.63) is 35.2 Å². The summed E-state index contributed by atoms with van der Waals surface area (Å²) in [7, 11) is 1.83. The lowest BCUT2D eigenvalue weighted by Gasteiger charge is -2.51. The number of amides is 2. The number of nitrogens with one attached hydrogen (secondary N) is 1. The molecule has 8 heteroatoms. The van der Waals surface area contributed by atoms with Gasteiger partial charge in [-0.3, -0.25) is 14.3 Å². The van der Waals surface area contributed by atoms with Crippen LogP contribution in [0.1, 0.15) is 59.5 Å². The average Bonchev–Trinajstić information content (AvgIpc) is 3.27. The zero-order valence-corrected chi connectivity index (χ0v) is 17.1. The highest BCUT2D eigenvalue weighted by Crippen LogP contribution is 2.44. The number of carbonyl (C=O) groups is 2. The summed E-state index contributed by atoms with van der Waals surface area (Å²) in [4.78, 5) is 38.3. The predicted octanol–water partition coefficient (Wildman–Crippen LogP) is 1.77. The van der Waals surface area contributed by atoms with Crippen LogP contribution >= 0.6 is 0 Å². The molecule has 1 aliphatic carbocycles. The molecule has 2 amide bonds. The summed E-state index contributed by atoms with van der Waals surface area (Å²) in [6.07, 6.45) is 8.99. The van der Waals surface area contributed by atoms with Crippen molar-refractivity contribution in [3.63, 3.8) is 0 Å². The van der Waals surface area contributed by atoms with Crippen molar-refractivity contribution in [2.75, 3.05) is 19.6 Å². The molecule has 0 bridgehead atoms. The first-order valence-corrected chi connectivity index (χ1v) is 10.6. The van der Waals surface area contributed by atoms with Crippen molar-refractivity contribution in [2.45, 2.75) is 51.0 Å². The van der Waals surface area contributed by atoms with E-state index in [4.69, 9.17) is 0 Å². The van der Waals surface area contributed by atoms with Gasteiger partial charge in [0.1, 0.15) is 0 Å². The standard InChI is InChI=1S/C21H28N6O2/c1-14-16(12-25(2)24-14)20(29)26-10-7-21(8-11-26)18-17(22-13-23-18)6-9-27(21)19(28)15-4-3-5-15/h12-13,15H,3-11H2,1-2H3,(H,22,23). The van der Waals surface area contributed by atoms with Gasteiger partial charge in [-0.15, -0.1) is 0 Å². The van der Waals surface area contributed by atoms with Gasteiger partial charge < -0.3 is 14.8 Å². The van der Waals surface area contributed by atoms with E-state index in [1.54, 1.807) is 17.2 Å². The molecule has 2 fully saturated rings. The number of hydrogen-bond donors (Lipinski definition) is 1. The summed E-state index contributed by atoms with van der Waals surface area (Å²) in [6, 6.07) is 0. The van der Waals surface area contributed by atoms with Crippen molar-refractivity contribution in [1.82, 2.24) is 29.5 Å². The molecule has 154 valence electrons. The normalized spacial score (nSPS) is 21.2. The van der Waals surface area contributed by atoms with Gasteiger partial charge in [-0.05, 0) is 32.6 Å². The van der Waals surface area contributed by atoms with Gasteiger partial charge in [0.25, 0.3) is 5.91 Å². The summed E-state index contributed by atoms with van der Waals surface area (Å²) >= 11 is 0. The maximum Gasteiger partial charge on any atom is 0.257 e. The minimum atomic E-state index is -0.388. The van der Waals surface area contributed by atoms with Crippen molar-refractivity contribution in [2.24, 2.45) is 13.0 Å². The van der Waals surface area contributed by atoms with Gasteiger partial charge in [-0.2, -0.15) is 5.10 Å². The molecule has 1 saturated heterocycles. The lowest BCUT2D eigenvalue weighted by atomic mass is 9.76. The Kier molecular flexibility index (Phi) is 4.26. The third-order valence-corrected chi connectivity index (χ3v) is 7.10. The number of nitrogens with zero attached hydrogens (tertiary/aromatic N) is 5. The summed E-state index contributed by atoms with van der Waals surface area (Å²) in [5.74, 6) is 0.484. The fourth-order valence-electron chi connectivity index (χ4n) is 5.24. The molecule has 3 aliphatic rings. The molecule has 5 rings (SSSR count). The van der Waals surface area contributed by atoms with Gasteiger partial charge in [-0.25, -0.2) is 4.98 Å². The van der Waals surface area contributed by atoms with E-state index >= 15 is 0 Å². The number of likely N-dealkylation sites (tertiary alicyclic amines) is 1. The molecule has 2 aliphatic heterocycles. The van der Waals surface area contributed by atoms with E-state index in [0.29, 0.717) is 18.7 Å². The molecule has 4 heterocycles. The largest absolute Gasteiger partial charge is 0.348 e. The van der Waals surface area contributed by atoms with Crippen LogP contribution in [0.2, 0.25) is 0 Å². The molecule has 2 aromatic rings. The third-order valence-electron chi connectivity index (χ3n) is 7.10. The van der Waals surface area contributed by atoms with Gasteiger partial charge in [0.15, 0.2) is 0 Å². The lowest BCUT2D eigenvalue weighted by molar-refractivity contribution is -0.148. The number of piperidine rings is 1. The van der Waals surface area contributed by atoms with Crippen LogP contribution in [-0.4, -0.2) is 61.0 Å². The molecular formula is C21H28N6O2. The number of aryl methyl sites for hydroxylation is 2. The SMILES string of the molecule is Cc1nn(C)cc1C(=O)N1CCC2(CC1)c1nc[nH]c1CCN2C(=O)C1CCC1. The van der Waals surface area contributed by atoms with E-state index in [-0.39, 0.29) is 23.3 Å². The highest BCUT2D eigenvalue weighted by atomic mass is 16.2. The molecule has 0 radical (unpaired) electrons. The molecular weight excluding hydrogens is 368 g/mol. The number of H-pyrrole nitrogens is 1. The van der Waals surface area contributed by atoms with Crippen LogP contribution in [-0.2, 0) is 23.8 Å². The molecule has 0 unspecified atom stereocenters. The number of fused-ring (bicyclic) bond motifs is 2. The van der Waals surface area contributed by atoms with Crippen LogP contribution in [0, 0.1) is 12.8 Å². The molecule has 1 spiro atoms. The predicted molar refractivity (Wildman–Crippen MR) is 106 cm³/mol. The van der Waals surface area contributed by atoms with Crippen LogP contribution in [0.15, 0.2) is 12.5 Å². The van der Waals surface area contributed by atoms with E-state index in [1.807, 2.05) is 18.9 Å². The van der Waals surface area contributed by atoms with Crippen LogP contribution in [0.3, 0.4) is 0 Å². The fraction of sp³-hybridized carbons (Fsp3) is 0.619. The zero-order valence-electron chi connectivity index (χ0n) is 17.1. The summed E-state index contributed by atoms with van der Waals surface area (Å²) in [6.45, 7) is 3.84. The maximum absolute atomic E-state index is 13.3. The van der Waals surface area contributed by atoms with Crippen LogP contribution in [0.4, 0.5) is 0 Å². The van der Waals surface area contributed by atoms with Crippen molar-refractivity contribution >= 4 is 11.8 Å². The first kappa shape index (κ1) is 18.4. The van der Waals surface area contributed by atoms with Gasteiger partial charge in [-0.1, -0.05) is 6.42 Å². The van der Waals surface area contributed by atoms with E-state index in [1.165, 1.54) is 0 Å². The Balaban J connectivity index is 1.41. The second kappa shape index (κ2) is 6.71. The molecule has 0 aromatic carbocycles. The Labute approximate surface area is 170 Å². The number of aromatic nitrogens is 4. The Bertz CT molecular complexity index is 948. The van der Waals surface area contributed by atoms with Gasteiger partial charge in [0.05, 0.1) is 28.8 Å². The average molecular weight is 396 g/mol. The number of carbonyl (C=O) groups excluding carboxylic acids is 2. The third kappa shape index (κ3) is 2.80. The minimum Gasteiger partial charge on any atom is -0.348 e. The molecule has 8 nitrogen and oxygen atoms in total. The number of hydrogen-bond acceptors (Lipinski definition) is 4. The number of rotatable bonds is 2. The highest BCUT2D eigenvalue weighted by Gasteiger charge is 2.50. The molecule has 1 N–H and O–H groups in total. The summed E-state index contributed by atoms with van der Waals surface area (Å²) < 4.78 is 1.68. The van der Waals surface area contributed by atoms with Gasteiger partial charge in [0, 0.05) is 50.9 Å². The zero-order chi connectivity index (χ0) is 20.2. The highest BCUT2D eigenvalue weighted by molar-refractivity contribution is 5.95. The number of aromatic amines is 1. The minimum absolute atomic E-state index is 0.0281. The first-order chi connectivity index (χ1) is 14.0. The van der Waals surface area contributed by atoms with E-state index in [9.17, 15) is 9.59 Å². The quantitative estimate of drug-likeness (QED) is 0.838. The fourth-order valence-corrected chi connectivity index (χ4v) is 5.24. The van der Waals surface area contributed by atoms with Crippen molar-refractivity contribution in [1.29, 1.82) is 0 Å². The topological polar surface area (TPSA) is 87.1 Å². The Morgan fingerprint density at radius 2 is 1.97 bits per heavy atom. The van der Waals surface area contributed by atoms with Crippen molar-refractivity contribution < 1.29 is 9.59 Å². The summed E-state index contributed by atoms with van der Waals surface area (Å²) in [5.41, 5.74) is 3.19. The smallest absolute Gasteiger partial charge is 0.257 e. The molecule has 2 aromatic heterocycles. The monoisotopic (exact) mass is 396 g/mol. The molecule has 0 atom stereocenters. The Morgan fingerprint density at radius 3 is 2.59 bits per heavy atom.